The summed E-state index contributed by atoms with van der Waals surface area (Å²) >= 11 is 1.25. The van der Waals surface area contributed by atoms with Crippen LogP contribution in [0, 0.1) is 0 Å². The minimum absolute atomic E-state index is 0.0332. The molecule has 1 aromatic rings. The predicted octanol–water partition coefficient (Wildman–Crippen LogP) is 0.778. The summed E-state index contributed by atoms with van der Waals surface area (Å²) in [6, 6.07) is 3.41. The fourth-order valence-electron chi connectivity index (χ4n) is 1.65. The second-order valence-electron chi connectivity index (χ2n) is 3.60. The van der Waals surface area contributed by atoms with Crippen molar-refractivity contribution in [2.45, 2.75) is 23.1 Å². The summed E-state index contributed by atoms with van der Waals surface area (Å²) in [4.78, 5) is 0. The molecule has 6 heteroatoms. The predicted molar refractivity (Wildman–Crippen MR) is 60.5 cm³/mol. The molecule has 0 radical (unpaired) electrons. The summed E-state index contributed by atoms with van der Waals surface area (Å²) in [5.74, 6) is 0. The molecule has 0 saturated carbocycles. The van der Waals surface area contributed by atoms with Crippen molar-refractivity contribution in [2.75, 3.05) is 13.1 Å². The van der Waals surface area contributed by atoms with Gasteiger partial charge in [0.25, 0.3) is 0 Å². The van der Waals surface area contributed by atoms with Crippen molar-refractivity contribution in [1.82, 2.24) is 10.0 Å². The molecule has 1 aliphatic heterocycles. The SMILES string of the molecule is O=S(=O)(N[C@H]1CCCNC1)c1cccs1. The molecule has 2 N–H and O–H groups in total. The molecule has 1 atom stereocenters. The molecular weight excluding hydrogens is 232 g/mol. The molecule has 0 aliphatic carbocycles. The van der Waals surface area contributed by atoms with E-state index in [1.807, 2.05) is 0 Å². The normalized spacial score (nSPS) is 22.8. The molecule has 0 amide bonds. The molecule has 0 spiro atoms. The second kappa shape index (κ2) is 4.61. The highest BCUT2D eigenvalue weighted by Gasteiger charge is 2.21. The van der Waals surface area contributed by atoms with Crippen molar-refractivity contribution in [3.63, 3.8) is 0 Å². The lowest BCUT2D eigenvalue weighted by Crippen LogP contribution is -2.45. The van der Waals surface area contributed by atoms with Gasteiger partial charge in [-0.2, -0.15) is 0 Å². The Morgan fingerprint density at radius 2 is 2.40 bits per heavy atom. The highest BCUT2D eigenvalue weighted by atomic mass is 32.2. The fourth-order valence-corrected chi connectivity index (χ4v) is 3.93. The van der Waals surface area contributed by atoms with Gasteiger partial charge in [0.1, 0.15) is 4.21 Å². The highest BCUT2D eigenvalue weighted by Crippen LogP contribution is 2.16. The Morgan fingerprint density at radius 1 is 1.53 bits per heavy atom. The molecule has 1 aliphatic rings. The molecule has 1 fully saturated rings. The number of nitrogens with one attached hydrogen (secondary N) is 2. The topological polar surface area (TPSA) is 58.2 Å². The summed E-state index contributed by atoms with van der Waals surface area (Å²) in [7, 11) is -3.29. The van der Waals surface area contributed by atoms with Crippen LogP contribution in [0.2, 0.25) is 0 Å². The van der Waals surface area contributed by atoms with Gasteiger partial charge in [0.05, 0.1) is 0 Å². The van der Waals surface area contributed by atoms with Crippen LogP contribution in [0.15, 0.2) is 21.7 Å². The van der Waals surface area contributed by atoms with Crippen LogP contribution in [-0.2, 0) is 10.0 Å². The molecule has 2 rings (SSSR count). The van der Waals surface area contributed by atoms with E-state index in [0.29, 0.717) is 4.21 Å². The Hall–Kier alpha value is -0.430. The van der Waals surface area contributed by atoms with Gasteiger partial charge in [0, 0.05) is 12.6 Å². The molecule has 84 valence electrons. The van der Waals surface area contributed by atoms with Crippen LogP contribution >= 0.6 is 11.3 Å². The first kappa shape index (κ1) is 11.1. The van der Waals surface area contributed by atoms with Crippen molar-refractivity contribution in [3.05, 3.63) is 17.5 Å². The van der Waals surface area contributed by atoms with Crippen molar-refractivity contribution in [2.24, 2.45) is 0 Å². The standard InChI is InChI=1S/C9H14N2O2S2/c12-15(13,9-4-2-6-14-9)11-8-3-1-5-10-7-8/h2,4,6,8,10-11H,1,3,5,7H2/t8-/m0/s1. The summed E-state index contributed by atoms with van der Waals surface area (Å²) in [6.07, 6.45) is 1.94. The van der Waals surface area contributed by atoms with Gasteiger partial charge in [-0.25, -0.2) is 13.1 Å². The van der Waals surface area contributed by atoms with Gasteiger partial charge in [0.15, 0.2) is 0 Å². The summed E-state index contributed by atoms with van der Waals surface area (Å²) in [5, 5.41) is 4.95. The maximum atomic E-state index is 11.8. The fraction of sp³-hybridized carbons (Fsp3) is 0.556. The van der Waals surface area contributed by atoms with Crippen molar-refractivity contribution >= 4 is 21.4 Å². The third-order valence-electron chi connectivity index (χ3n) is 2.38. The van der Waals surface area contributed by atoms with E-state index in [-0.39, 0.29) is 6.04 Å². The number of hydrogen-bond acceptors (Lipinski definition) is 4. The van der Waals surface area contributed by atoms with Crippen LogP contribution in [0.3, 0.4) is 0 Å². The Morgan fingerprint density at radius 3 is 3.00 bits per heavy atom. The minimum Gasteiger partial charge on any atom is -0.315 e. The van der Waals surface area contributed by atoms with E-state index < -0.39 is 10.0 Å². The van der Waals surface area contributed by atoms with Gasteiger partial charge in [-0.1, -0.05) is 6.07 Å². The van der Waals surface area contributed by atoms with Crippen LogP contribution in [0.1, 0.15) is 12.8 Å². The Labute approximate surface area is 93.8 Å². The van der Waals surface area contributed by atoms with Gasteiger partial charge in [-0.05, 0) is 30.8 Å². The first-order valence-electron chi connectivity index (χ1n) is 4.95. The van der Waals surface area contributed by atoms with Crippen LogP contribution in [0.5, 0.6) is 0 Å². The summed E-state index contributed by atoms with van der Waals surface area (Å²) in [6.45, 7) is 1.71. The number of thiophene rings is 1. The Kier molecular flexibility index (Phi) is 3.40. The smallest absolute Gasteiger partial charge is 0.250 e. The molecule has 0 bridgehead atoms. The van der Waals surface area contributed by atoms with Crippen molar-refractivity contribution in [3.8, 4) is 0 Å². The highest BCUT2D eigenvalue weighted by molar-refractivity contribution is 7.91. The van der Waals surface area contributed by atoms with Crippen LogP contribution < -0.4 is 10.0 Å². The van der Waals surface area contributed by atoms with Gasteiger partial charge >= 0.3 is 0 Å². The largest absolute Gasteiger partial charge is 0.315 e. The average molecular weight is 246 g/mol. The maximum Gasteiger partial charge on any atom is 0.250 e. The van der Waals surface area contributed by atoms with E-state index in [9.17, 15) is 8.42 Å². The van der Waals surface area contributed by atoms with Gasteiger partial charge in [-0.15, -0.1) is 11.3 Å². The third kappa shape index (κ3) is 2.78. The lowest BCUT2D eigenvalue weighted by Gasteiger charge is -2.23. The average Bonchev–Trinajstić information content (AvgIpc) is 2.71. The summed E-state index contributed by atoms with van der Waals surface area (Å²) in [5.41, 5.74) is 0. The molecule has 4 nitrogen and oxygen atoms in total. The lowest BCUT2D eigenvalue weighted by molar-refractivity contribution is 0.429. The van der Waals surface area contributed by atoms with E-state index >= 15 is 0 Å². The van der Waals surface area contributed by atoms with E-state index in [4.69, 9.17) is 0 Å². The number of sulfonamides is 1. The zero-order valence-corrected chi connectivity index (χ0v) is 9.90. The van der Waals surface area contributed by atoms with Crippen LogP contribution in [0.25, 0.3) is 0 Å². The number of hydrogen-bond donors (Lipinski definition) is 2. The quantitative estimate of drug-likeness (QED) is 0.828. The molecule has 1 saturated heterocycles. The molecule has 1 aromatic heterocycles. The van der Waals surface area contributed by atoms with Gasteiger partial charge < -0.3 is 5.32 Å². The van der Waals surface area contributed by atoms with E-state index in [0.717, 1.165) is 25.9 Å². The lowest BCUT2D eigenvalue weighted by atomic mass is 10.1. The van der Waals surface area contributed by atoms with Crippen molar-refractivity contribution < 1.29 is 8.42 Å². The minimum atomic E-state index is -3.29. The molecule has 15 heavy (non-hydrogen) atoms. The zero-order valence-electron chi connectivity index (χ0n) is 8.27. The Bertz CT molecular complexity index is 394. The van der Waals surface area contributed by atoms with E-state index in [2.05, 4.69) is 10.0 Å². The zero-order chi connectivity index (χ0) is 10.7. The number of piperidine rings is 1. The third-order valence-corrected chi connectivity index (χ3v) is 5.30. The maximum absolute atomic E-state index is 11.8. The van der Waals surface area contributed by atoms with Crippen LogP contribution in [0.4, 0.5) is 0 Å². The second-order valence-corrected chi connectivity index (χ2v) is 6.49. The van der Waals surface area contributed by atoms with Crippen molar-refractivity contribution in [1.29, 1.82) is 0 Å². The molecule has 0 unspecified atom stereocenters. The van der Waals surface area contributed by atoms with Gasteiger partial charge in [0.2, 0.25) is 10.0 Å². The number of rotatable bonds is 3. The van der Waals surface area contributed by atoms with Gasteiger partial charge in [-0.3, -0.25) is 0 Å². The first-order chi connectivity index (χ1) is 7.18. The molecule has 0 aromatic carbocycles. The monoisotopic (exact) mass is 246 g/mol. The van der Waals surface area contributed by atoms with Crippen LogP contribution in [-0.4, -0.2) is 27.5 Å². The molecular formula is C9H14N2O2S2. The van der Waals surface area contributed by atoms with E-state index in [1.165, 1.54) is 11.3 Å². The molecule has 2 heterocycles. The van der Waals surface area contributed by atoms with E-state index in [1.54, 1.807) is 17.5 Å². The Balaban J connectivity index is 2.04. The summed E-state index contributed by atoms with van der Waals surface area (Å²) < 4.78 is 26.8. The first-order valence-corrected chi connectivity index (χ1v) is 7.31.